The molecule has 1 atom stereocenters. The molecular formula is C15H35GeN. The molecule has 0 radical (unpaired) electrons. The third kappa shape index (κ3) is 6.28. The maximum absolute atomic E-state index is 6.56. The van der Waals surface area contributed by atoms with Crippen LogP contribution < -0.4 is 5.73 Å². The van der Waals surface area contributed by atoms with Gasteiger partial charge in [0.2, 0.25) is 0 Å². The standard InChI is InChI=1S/C15H35GeN/c1-5-9-12-16(13-10-6-2,14-11-7-3)15(17)8-4/h15H,5-14,17H2,1-4H3. The van der Waals surface area contributed by atoms with Crippen molar-refractivity contribution in [2.75, 3.05) is 0 Å². The van der Waals surface area contributed by atoms with E-state index in [0.717, 1.165) is 0 Å². The normalized spacial score (nSPS) is 13.9. The minimum atomic E-state index is -1.75. The molecule has 0 bridgehead atoms. The Kier molecular flexibility index (Phi) is 10.7. The van der Waals surface area contributed by atoms with Crippen molar-refractivity contribution in [1.29, 1.82) is 0 Å². The summed E-state index contributed by atoms with van der Waals surface area (Å²) in [7, 11) is 0. The Hall–Kier alpha value is 0.503. The first-order valence-corrected chi connectivity index (χ1v) is 13.6. The Morgan fingerprint density at radius 2 is 1.12 bits per heavy atom. The molecule has 0 aromatic carbocycles. The monoisotopic (exact) mass is 303 g/mol. The predicted molar refractivity (Wildman–Crippen MR) is 83.2 cm³/mol. The number of hydrogen-bond donors (Lipinski definition) is 1. The molecule has 0 aromatic heterocycles. The van der Waals surface area contributed by atoms with E-state index in [9.17, 15) is 0 Å². The van der Waals surface area contributed by atoms with Crippen LogP contribution in [0.3, 0.4) is 0 Å². The van der Waals surface area contributed by atoms with Gasteiger partial charge in [-0.05, 0) is 0 Å². The van der Waals surface area contributed by atoms with Crippen LogP contribution in [0.4, 0.5) is 0 Å². The molecule has 2 heteroatoms. The summed E-state index contributed by atoms with van der Waals surface area (Å²) in [6.07, 6.45) is 9.56. The second-order valence-electron chi connectivity index (χ2n) is 5.69. The Morgan fingerprint density at radius 1 is 0.765 bits per heavy atom. The molecule has 0 aliphatic rings. The molecule has 1 nitrogen and oxygen atoms in total. The Balaban J connectivity index is 4.63. The number of rotatable bonds is 11. The zero-order valence-electron chi connectivity index (χ0n) is 12.7. The Morgan fingerprint density at radius 3 is 1.35 bits per heavy atom. The summed E-state index contributed by atoms with van der Waals surface area (Å²) >= 11 is -1.75. The van der Waals surface area contributed by atoms with Crippen molar-refractivity contribution in [3.63, 3.8) is 0 Å². The van der Waals surface area contributed by atoms with Gasteiger partial charge in [0, 0.05) is 0 Å². The fourth-order valence-corrected chi connectivity index (χ4v) is 15.3. The zero-order chi connectivity index (χ0) is 13.1. The molecule has 0 aliphatic carbocycles. The van der Waals surface area contributed by atoms with Crippen LogP contribution in [0.25, 0.3) is 0 Å². The first kappa shape index (κ1) is 17.5. The van der Waals surface area contributed by atoms with Gasteiger partial charge >= 0.3 is 112 Å². The molecule has 0 rings (SSSR count). The van der Waals surface area contributed by atoms with Gasteiger partial charge in [0.05, 0.1) is 0 Å². The van der Waals surface area contributed by atoms with E-state index in [0.29, 0.717) is 4.87 Å². The van der Waals surface area contributed by atoms with E-state index in [1.165, 1.54) is 60.7 Å². The molecule has 0 saturated carbocycles. The third-order valence-corrected chi connectivity index (χ3v) is 17.0. The van der Waals surface area contributed by atoms with Gasteiger partial charge in [-0.3, -0.25) is 0 Å². The molecule has 0 aromatic rings. The summed E-state index contributed by atoms with van der Waals surface area (Å²) in [5, 5.41) is 4.60. The van der Waals surface area contributed by atoms with Crippen LogP contribution in [0.5, 0.6) is 0 Å². The fourth-order valence-electron chi connectivity index (χ4n) is 2.95. The molecule has 0 amide bonds. The summed E-state index contributed by atoms with van der Waals surface area (Å²) in [5.41, 5.74) is 6.56. The SMILES string of the molecule is CCC[CH2][Ge]([CH2]CCC)([CH2]CCC)[CH](N)CC. The Labute approximate surface area is 112 Å². The van der Waals surface area contributed by atoms with Crippen molar-refractivity contribution in [3.05, 3.63) is 0 Å². The van der Waals surface area contributed by atoms with Crippen molar-refractivity contribution < 1.29 is 0 Å². The van der Waals surface area contributed by atoms with Crippen LogP contribution in [0.15, 0.2) is 0 Å². The van der Waals surface area contributed by atoms with Crippen LogP contribution in [-0.4, -0.2) is 18.1 Å². The van der Waals surface area contributed by atoms with Crippen LogP contribution in [0, 0.1) is 0 Å². The van der Waals surface area contributed by atoms with Crippen molar-refractivity contribution >= 4 is 13.3 Å². The minimum absolute atomic E-state index is 0.597. The first-order chi connectivity index (χ1) is 8.16. The van der Waals surface area contributed by atoms with Crippen LogP contribution in [0.2, 0.25) is 15.8 Å². The summed E-state index contributed by atoms with van der Waals surface area (Å²) in [6.45, 7) is 9.27. The number of unbranched alkanes of at least 4 members (excludes halogenated alkanes) is 3. The fraction of sp³-hybridized carbons (Fsp3) is 1.00. The van der Waals surface area contributed by atoms with E-state index >= 15 is 0 Å². The van der Waals surface area contributed by atoms with Crippen LogP contribution >= 0.6 is 0 Å². The molecule has 0 aliphatic heterocycles. The molecule has 0 saturated heterocycles. The average Bonchev–Trinajstić information content (AvgIpc) is 2.37. The van der Waals surface area contributed by atoms with Gasteiger partial charge in [-0.15, -0.1) is 0 Å². The third-order valence-electron chi connectivity index (χ3n) is 4.31. The van der Waals surface area contributed by atoms with Crippen molar-refractivity contribution in [3.8, 4) is 0 Å². The molecule has 2 N–H and O–H groups in total. The number of hydrogen-bond acceptors (Lipinski definition) is 1. The van der Waals surface area contributed by atoms with Crippen molar-refractivity contribution in [2.45, 2.75) is 93.3 Å². The Bertz CT molecular complexity index is 149. The van der Waals surface area contributed by atoms with Gasteiger partial charge in [0.25, 0.3) is 0 Å². The van der Waals surface area contributed by atoms with Gasteiger partial charge in [0.15, 0.2) is 0 Å². The summed E-state index contributed by atoms with van der Waals surface area (Å²) in [5.74, 6) is 0. The molecule has 0 spiro atoms. The molecule has 1 unspecified atom stereocenters. The second kappa shape index (κ2) is 10.4. The average molecular weight is 302 g/mol. The molecule has 104 valence electrons. The predicted octanol–water partition coefficient (Wildman–Crippen LogP) is 5.11. The van der Waals surface area contributed by atoms with Gasteiger partial charge in [-0.1, -0.05) is 0 Å². The van der Waals surface area contributed by atoms with Crippen LogP contribution in [-0.2, 0) is 0 Å². The van der Waals surface area contributed by atoms with Gasteiger partial charge in [-0.2, -0.15) is 0 Å². The second-order valence-corrected chi connectivity index (χ2v) is 16.1. The van der Waals surface area contributed by atoms with Gasteiger partial charge < -0.3 is 0 Å². The van der Waals surface area contributed by atoms with Crippen molar-refractivity contribution in [2.24, 2.45) is 5.73 Å². The quantitative estimate of drug-likeness (QED) is 0.527. The van der Waals surface area contributed by atoms with E-state index in [4.69, 9.17) is 5.73 Å². The zero-order valence-corrected chi connectivity index (χ0v) is 14.8. The van der Waals surface area contributed by atoms with Crippen molar-refractivity contribution in [1.82, 2.24) is 0 Å². The maximum atomic E-state index is 6.56. The van der Waals surface area contributed by atoms with E-state index in [1.807, 2.05) is 0 Å². The van der Waals surface area contributed by atoms with Crippen LogP contribution in [0.1, 0.15) is 72.6 Å². The first-order valence-electron chi connectivity index (χ1n) is 7.92. The molecular weight excluding hydrogens is 267 g/mol. The molecule has 0 heterocycles. The van der Waals surface area contributed by atoms with Gasteiger partial charge in [0.1, 0.15) is 0 Å². The van der Waals surface area contributed by atoms with E-state index in [2.05, 4.69) is 27.7 Å². The summed E-state index contributed by atoms with van der Waals surface area (Å²) < 4.78 is 0. The summed E-state index contributed by atoms with van der Waals surface area (Å²) in [6, 6.07) is 0. The topological polar surface area (TPSA) is 26.0 Å². The van der Waals surface area contributed by atoms with E-state index < -0.39 is 13.3 Å². The van der Waals surface area contributed by atoms with E-state index in [1.54, 1.807) is 0 Å². The van der Waals surface area contributed by atoms with E-state index in [-0.39, 0.29) is 0 Å². The molecule has 17 heavy (non-hydrogen) atoms. The van der Waals surface area contributed by atoms with Gasteiger partial charge in [-0.25, -0.2) is 0 Å². The molecule has 0 fully saturated rings. The number of nitrogens with two attached hydrogens (primary N) is 1. The summed E-state index contributed by atoms with van der Waals surface area (Å²) in [4.78, 5) is 0.597.